The standard InChI is InChI=1S/C23H35N3O3/c1-15-19(22(2,3)4)26-20(24-15)17-10-8-16(9-11-17)14-18(12-13-27)25-21(28)29-23(5,6)7/h8-11,18-19,27H,12-14H2,1-7H3,(H,25,28)/t18-,19?/m1/s1. The number of hydrogen-bond donors (Lipinski definition) is 2. The smallest absolute Gasteiger partial charge is 0.407 e. The van der Waals surface area contributed by atoms with Crippen molar-refractivity contribution in [2.75, 3.05) is 6.61 Å². The third-order valence-electron chi connectivity index (χ3n) is 4.64. The largest absolute Gasteiger partial charge is 0.444 e. The van der Waals surface area contributed by atoms with Crippen molar-refractivity contribution in [3.63, 3.8) is 0 Å². The Kier molecular flexibility index (Phi) is 7.22. The molecule has 0 spiro atoms. The average molecular weight is 402 g/mol. The summed E-state index contributed by atoms with van der Waals surface area (Å²) in [5, 5.41) is 12.2. The summed E-state index contributed by atoms with van der Waals surface area (Å²) in [6.07, 6.45) is 0.607. The molecule has 1 aliphatic heterocycles. The molecule has 0 radical (unpaired) electrons. The van der Waals surface area contributed by atoms with E-state index >= 15 is 0 Å². The average Bonchev–Trinajstić information content (AvgIpc) is 2.96. The first-order valence-electron chi connectivity index (χ1n) is 10.2. The number of aliphatic hydroxyl groups excluding tert-OH is 1. The van der Waals surface area contributed by atoms with E-state index in [0.29, 0.717) is 12.8 Å². The lowest BCUT2D eigenvalue weighted by Gasteiger charge is -2.24. The van der Waals surface area contributed by atoms with Crippen LogP contribution >= 0.6 is 0 Å². The van der Waals surface area contributed by atoms with Crippen molar-refractivity contribution in [1.82, 2.24) is 5.32 Å². The Morgan fingerprint density at radius 1 is 1.17 bits per heavy atom. The van der Waals surface area contributed by atoms with E-state index in [2.05, 4.69) is 31.1 Å². The molecule has 0 aromatic heterocycles. The van der Waals surface area contributed by atoms with Gasteiger partial charge in [0.25, 0.3) is 0 Å². The minimum atomic E-state index is -0.554. The molecule has 1 heterocycles. The second-order valence-electron chi connectivity index (χ2n) is 9.73. The summed E-state index contributed by atoms with van der Waals surface area (Å²) in [4.78, 5) is 21.5. The highest BCUT2D eigenvalue weighted by Crippen LogP contribution is 2.28. The summed E-state index contributed by atoms with van der Waals surface area (Å²) in [6, 6.07) is 7.97. The van der Waals surface area contributed by atoms with Crippen LogP contribution in [0.2, 0.25) is 0 Å². The van der Waals surface area contributed by atoms with Gasteiger partial charge in [-0.3, -0.25) is 4.99 Å². The topological polar surface area (TPSA) is 83.3 Å². The minimum Gasteiger partial charge on any atom is -0.444 e. The third-order valence-corrected chi connectivity index (χ3v) is 4.64. The Balaban J connectivity index is 2.06. The molecule has 29 heavy (non-hydrogen) atoms. The van der Waals surface area contributed by atoms with Crippen LogP contribution in [0.4, 0.5) is 4.79 Å². The van der Waals surface area contributed by atoms with Gasteiger partial charge in [-0.25, -0.2) is 9.79 Å². The van der Waals surface area contributed by atoms with E-state index in [1.807, 2.05) is 52.0 Å². The molecular formula is C23H35N3O3. The highest BCUT2D eigenvalue weighted by atomic mass is 16.6. The van der Waals surface area contributed by atoms with Crippen LogP contribution in [0.3, 0.4) is 0 Å². The maximum atomic E-state index is 12.1. The molecule has 0 fully saturated rings. The number of nitrogens with one attached hydrogen (secondary N) is 1. The van der Waals surface area contributed by atoms with Gasteiger partial charge in [0.15, 0.2) is 5.84 Å². The van der Waals surface area contributed by atoms with E-state index in [-0.39, 0.29) is 24.1 Å². The third kappa shape index (κ3) is 6.96. The Bertz CT molecular complexity index is 768. The number of rotatable bonds is 6. The van der Waals surface area contributed by atoms with Crippen LogP contribution in [0.5, 0.6) is 0 Å². The number of amidine groups is 1. The molecule has 1 aliphatic rings. The second-order valence-corrected chi connectivity index (χ2v) is 9.73. The molecule has 2 atom stereocenters. The van der Waals surface area contributed by atoms with Gasteiger partial charge in [0.05, 0.1) is 6.04 Å². The molecular weight excluding hydrogens is 366 g/mol. The number of aliphatic imine (C=N–C) groups is 2. The van der Waals surface area contributed by atoms with Gasteiger partial charge in [0.1, 0.15) is 5.60 Å². The SMILES string of the molecule is CC1=NC(c2ccc(C[C@@H](CCO)NC(=O)OC(C)(C)C)cc2)=NC1C(C)(C)C. The van der Waals surface area contributed by atoms with Crippen LogP contribution in [-0.4, -0.2) is 47.0 Å². The van der Waals surface area contributed by atoms with Gasteiger partial charge in [-0.1, -0.05) is 45.0 Å². The first kappa shape index (κ1) is 23.1. The minimum absolute atomic E-state index is 0.00244. The van der Waals surface area contributed by atoms with Gasteiger partial charge in [0, 0.05) is 23.9 Å². The number of aliphatic hydroxyl groups is 1. The number of carbonyl (C=O) groups excluding carboxylic acids is 1. The molecule has 2 rings (SSSR count). The van der Waals surface area contributed by atoms with E-state index in [9.17, 15) is 9.90 Å². The molecule has 0 saturated carbocycles. The number of carbonyl (C=O) groups is 1. The summed E-state index contributed by atoms with van der Waals surface area (Å²) in [5.74, 6) is 0.771. The number of hydrogen-bond acceptors (Lipinski definition) is 5. The molecule has 1 amide bonds. The fourth-order valence-corrected chi connectivity index (χ4v) is 3.36. The predicted molar refractivity (Wildman–Crippen MR) is 118 cm³/mol. The molecule has 0 saturated heterocycles. The van der Waals surface area contributed by atoms with E-state index in [1.165, 1.54) is 0 Å². The van der Waals surface area contributed by atoms with E-state index < -0.39 is 11.7 Å². The molecule has 1 aromatic carbocycles. The highest BCUT2D eigenvalue weighted by molar-refractivity contribution is 6.12. The highest BCUT2D eigenvalue weighted by Gasteiger charge is 2.31. The lowest BCUT2D eigenvalue weighted by Crippen LogP contribution is -2.40. The fraction of sp³-hybridized carbons (Fsp3) is 0.609. The summed E-state index contributed by atoms with van der Waals surface area (Å²) in [6.45, 7) is 14.0. The zero-order chi connectivity index (χ0) is 21.8. The molecule has 1 aromatic rings. The monoisotopic (exact) mass is 401 g/mol. The van der Waals surface area contributed by atoms with Gasteiger partial charge in [-0.2, -0.15) is 0 Å². The zero-order valence-electron chi connectivity index (χ0n) is 18.7. The quantitative estimate of drug-likeness (QED) is 0.751. The van der Waals surface area contributed by atoms with E-state index in [1.54, 1.807) is 0 Å². The summed E-state index contributed by atoms with van der Waals surface area (Å²) in [7, 11) is 0. The van der Waals surface area contributed by atoms with Gasteiger partial charge in [-0.15, -0.1) is 0 Å². The molecule has 160 valence electrons. The molecule has 2 N–H and O–H groups in total. The molecule has 6 nitrogen and oxygen atoms in total. The normalized spacial score (nSPS) is 18.1. The van der Waals surface area contributed by atoms with Crippen molar-refractivity contribution >= 4 is 17.6 Å². The Morgan fingerprint density at radius 3 is 2.28 bits per heavy atom. The Hall–Kier alpha value is -2.21. The fourth-order valence-electron chi connectivity index (χ4n) is 3.36. The zero-order valence-corrected chi connectivity index (χ0v) is 18.7. The van der Waals surface area contributed by atoms with Gasteiger partial charge in [-0.05, 0) is 51.5 Å². The van der Waals surface area contributed by atoms with Crippen molar-refractivity contribution < 1.29 is 14.6 Å². The van der Waals surface area contributed by atoms with Crippen molar-refractivity contribution in [1.29, 1.82) is 0 Å². The number of ether oxygens (including phenoxy) is 1. The second kappa shape index (κ2) is 9.08. The lowest BCUT2D eigenvalue weighted by atomic mass is 9.85. The molecule has 0 bridgehead atoms. The van der Waals surface area contributed by atoms with Gasteiger partial charge >= 0.3 is 6.09 Å². The molecule has 1 unspecified atom stereocenters. The van der Waals surface area contributed by atoms with Crippen LogP contribution in [0.1, 0.15) is 66.0 Å². The van der Waals surface area contributed by atoms with Gasteiger partial charge < -0.3 is 15.2 Å². The van der Waals surface area contributed by atoms with Crippen molar-refractivity contribution in [2.45, 2.75) is 79.0 Å². The van der Waals surface area contributed by atoms with Gasteiger partial charge in [0.2, 0.25) is 0 Å². The molecule has 0 aliphatic carbocycles. The molecule has 6 heteroatoms. The maximum Gasteiger partial charge on any atom is 0.407 e. The summed E-state index contributed by atoms with van der Waals surface area (Å²) < 4.78 is 5.32. The number of benzene rings is 1. The van der Waals surface area contributed by atoms with Crippen LogP contribution in [0.25, 0.3) is 0 Å². The van der Waals surface area contributed by atoms with Crippen LogP contribution < -0.4 is 5.32 Å². The number of nitrogens with zero attached hydrogens (tertiary/aromatic N) is 2. The Labute approximate surface area is 174 Å². The summed E-state index contributed by atoms with van der Waals surface area (Å²) >= 11 is 0. The number of amides is 1. The van der Waals surface area contributed by atoms with E-state index in [4.69, 9.17) is 9.73 Å². The predicted octanol–water partition coefficient (Wildman–Crippen LogP) is 4.14. The first-order valence-corrected chi connectivity index (χ1v) is 10.2. The van der Waals surface area contributed by atoms with Crippen molar-refractivity contribution in [3.05, 3.63) is 35.4 Å². The van der Waals surface area contributed by atoms with E-state index in [0.717, 1.165) is 22.7 Å². The lowest BCUT2D eigenvalue weighted by molar-refractivity contribution is 0.0497. The Morgan fingerprint density at radius 2 is 1.79 bits per heavy atom. The van der Waals surface area contributed by atoms with Crippen LogP contribution in [0, 0.1) is 5.41 Å². The van der Waals surface area contributed by atoms with Crippen molar-refractivity contribution in [2.24, 2.45) is 15.4 Å². The van der Waals surface area contributed by atoms with Crippen LogP contribution in [-0.2, 0) is 11.2 Å². The summed E-state index contributed by atoms with van der Waals surface area (Å²) in [5.41, 5.74) is 2.58. The first-order chi connectivity index (χ1) is 13.4. The maximum absolute atomic E-state index is 12.1. The van der Waals surface area contributed by atoms with Crippen LogP contribution in [0.15, 0.2) is 34.3 Å². The van der Waals surface area contributed by atoms with Crippen molar-refractivity contribution in [3.8, 4) is 0 Å². The number of alkyl carbamates (subject to hydrolysis) is 1.